The molecular weight excluding hydrogens is 441 g/mol. The Bertz CT molecular complexity index is 1380. The van der Waals surface area contributed by atoms with Gasteiger partial charge in [-0.3, -0.25) is 14.9 Å². The zero-order valence-corrected chi connectivity index (χ0v) is 17.4. The number of amides is 1. The minimum absolute atomic E-state index is 0.0944. The van der Waals surface area contributed by atoms with Gasteiger partial charge >= 0.3 is 0 Å². The topological polar surface area (TPSA) is 76.9 Å². The lowest BCUT2D eigenvalue weighted by Crippen LogP contribution is -2.27. The van der Waals surface area contributed by atoms with Gasteiger partial charge in [0.15, 0.2) is 10.8 Å². The van der Waals surface area contributed by atoms with E-state index in [0.717, 1.165) is 23.5 Å². The zero-order chi connectivity index (χ0) is 22.8. The molecule has 0 unspecified atom stereocenters. The Morgan fingerprint density at radius 1 is 1.09 bits per heavy atom. The van der Waals surface area contributed by atoms with Gasteiger partial charge in [0.05, 0.1) is 0 Å². The molecule has 0 atom stereocenters. The van der Waals surface area contributed by atoms with Crippen molar-refractivity contribution >= 4 is 22.4 Å². The van der Waals surface area contributed by atoms with E-state index in [-0.39, 0.29) is 22.8 Å². The number of nitrogens with one attached hydrogen (secondary N) is 1. The number of carbonyl (C=O) groups is 1. The van der Waals surface area contributed by atoms with Crippen LogP contribution in [0.3, 0.4) is 0 Å². The number of halogens is 3. The summed E-state index contributed by atoms with van der Waals surface area (Å²) in [7, 11) is 0. The van der Waals surface area contributed by atoms with Crippen molar-refractivity contribution in [1.82, 2.24) is 14.8 Å². The smallest absolute Gasteiger partial charge is 0.281 e. The molecule has 4 aromatic rings. The fraction of sp³-hybridized carbons (Fsp3) is 0.0909. The van der Waals surface area contributed by atoms with E-state index in [0.29, 0.717) is 10.6 Å². The Hall–Kier alpha value is -3.79. The van der Waals surface area contributed by atoms with Gasteiger partial charge in [0.1, 0.15) is 23.1 Å². The number of aromatic nitrogens is 3. The third-order valence-corrected chi connectivity index (χ3v) is 5.47. The molecule has 0 saturated carbocycles. The van der Waals surface area contributed by atoms with Gasteiger partial charge in [-0.15, -0.1) is 11.3 Å². The highest BCUT2D eigenvalue weighted by atomic mass is 32.1. The predicted octanol–water partition coefficient (Wildman–Crippen LogP) is 4.26. The largest absolute Gasteiger partial charge is 0.296 e. The van der Waals surface area contributed by atoms with Gasteiger partial charge in [0, 0.05) is 35.3 Å². The molecule has 1 amide bonds. The molecule has 10 heteroatoms. The van der Waals surface area contributed by atoms with Crippen LogP contribution in [0.4, 0.5) is 18.3 Å². The summed E-state index contributed by atoms with van der Waals surface area (Å²) in [5, 5.41) is 6.70. The van der Waals surface area contributed by atoms with Crippen LogP contribution in [0.15, 0.2) is 59.5 Å². The maximum atomic E-state index is 14.2. The Labute approximate surface area is 184 Å². The summed E-state index contributed by atoms with van der Waals surface area (Å²) in [4.78, 5) is 29.7. The zero-order valence-electron chi connectivity index (χ0n) is 16.6. The standard InChI is InChI=1S/C22H15F3N4O2S/c1-12-8-19(30)20(28-29(12)18-5-3-2-4-16(18)24)21(31)27-22-26-11-15(32-22)9-13-6-7-14(23)10-17(13)25/h2-8,10-11H,9H2,1H3,(H,26,27,31). The van der Waals surface area contributed by atoms with Crippen LogP contribution in [-0.4, -0.2) is 20.7 Å². The van der Waals surface area contributed by atoms with Gasteiger partial charge in [-0.25, -0.2) is 22.8 Å². The van der Waals surface area contributed by atoms with Crippen LogP contribution in [0.25, 0.3) is 5.69 Å². The van der Waals surface area contributed by atoms with Crippen molar-refractivity contribution in [2.75, 3.05) is 5.32 Å². The molecule has 1 N–H and O–H groups in total. The molecule has 2 aromatic carbocycles. The van der Waals surface area contributed by atoms with Gasteiger partial charge in [0.2, 0.25) is 5.43 Å². The van der Waals surface area contributed by atoms with Crippen LogP contribution in [0.5, 0.6) is 0 Å². The van der Waals surface area contributed by atoms with Gasteiger partial charge in [-0.2, -0.15) is 5.10 Å². The predicted molar refractivity (Wildman–Crippen MR) is 114 cm³/mol. The lowest BCUT2D eigenvalue weighted by atomic mass is 10.1. The summed E-state index contributed by atoms with van der Waals surface area (Å²) >= 11 is 1.08. The van der Waals surface area contributed by atoms with Gasteiger partial charge in [-0.05, 0) is 30.7 Å². The van der Waals surface area contributed by atoms with Crippen LogP contribution >= 0.6 is 11.3 Å². The van der Waals surface area contributed by atoms with Crippen molar-refractivity contribution < 1.29 is 18.0 Å². The highest BCUT2D eigenvalue weighted by molar-refractivity contribution is 7.15. The van der Waals surface area contributed by atoms with Crippen LogP contribution in [0.1, 0.15) is 26.6 Å². The summed E-state index contributed by atoms with van der Waals surface area (Å²) in [5.41, 5.74) is -0.328. The Balaban J connectivity index is 1.56. The molecular formula is C22H15F3N4O2S. The Kier molecular flexibility index (Phi) is 5.87. The van der Waals surface area contributed by atoms with Crippen molar-refractivity contribution in [2.24, 2.45) is 0 Å². The molecule has 4 rings (SSSR count). The van der Waals surface area contributed by atoms with E-state index in [4.69, 9.17) is 0 Å². The van der Waals surface area contributed by atoms with Crippen molar-refractivity contribution in [3.63, 3.8) is 0 Å². The first-order valence-corrected chi connectivity index (χ1v) is 10.2. The number of para-hydroxylation sites is 1. The lowest BCUT2D eigenvalue weighted by molar-refractivity contribution is 0.101. The number of rotatable bonds is 5. The first-order chi connectivity index (χ1) is 15.3. The Morgan fingerprint density at radius 3 is 2.62 bits per heavy atom. The van der Waals surface area contributed by atoms with Gasteiger partial charge in [0.25, 0.3) is 5.91 Å². The number of nitrogens with zero attached hydrogens (tertiary/aromatic N) is 3. The second-order valence-electron chi connectivity index (χ2n) is 6.86. The monoisotopic (exact) mass is 456 g/mol. The number of carbonyl (C=O) groups excluding carboxylic acids is 1. The van der Waals surface area contributed by atoms with Crippen LogP contribution < -0.4 is 10.7 Å². The molecule has 0 fully saturated rings. The number of aryl methyl sites for hydroxylation is 1. The fourth-order valence-corrected chi connectivity index (χ4v) is 3.86. The third kappa shape index (κ3) is 4.45. The first-order valence-electron chi connectivity index (χ1n) is 9.37. The average molecular weight is 456 g/mol. The third-order valence-electron chi connectivity index (χ3n) is 4.56. The van der Waals surface area contributed by atoms with E-state index in [1.54, 1.807) is 13.0 Å². The van der Waals surface area contributed by atoms with Crippen molar-refractivity contribution in [2.45, 2.75) is 13.3 Å². The van der Waals surface area contributed by atoms with E-state index < -0.39 is 34.5 Å². The van der Waals surface area contributed by atoms with Crippen molar-refractivity contribution in [3.05, 3.63) is 104 Å². The minimum atomic E-state index is -0.811. The van der Waals surface area contributed by atoms with E-state index >= 15 is 0 Å². The van der Waals surface area contributed by atoms with Gasteiger partial charge in [-0.1, -0.05) is 18.2 Å². The SMILES string of the molecule is Cc1cc(=O)c(C(=O)Nc2ncc(Cc3ccc(F)cc3F)s2)nn1-c1ccccc1F. The maximum absolute atomic E-state index is 14.2. The number of anilines is 1. The molecule has 2 heterocycles. The summed E-state index contributed by atoms with van der Waals surface area (Å²) < 4.78 is 42.3. The number of thiazole rings is 1. The van der Waals surface area contributed by atoms with Crippen molar-refractivity contribution in [3.8, 4) is 5.69 Å². The highest BCUT2D eigenvalue weighted by Gasteiger charge is 2.18. The van der Waals surface area contributed by atoms with E-state index in [1.807, 2.05) is 0 Å². The average Bonchev–Trinajstić information content (AvgIpc) is 3.17. The molecule has 32 heavy (non-hydrogen) atoms. The molecule has 0 aliphatic rings. The molecule has 2 aromatic heterocycles. The molecule has 162 valence electrons. The summed E-state index contributed by atoms with van der Waals surface area (Å²) in [6.45, 7) is 1.57. The molecule has 0 aliphatic carbocycles. The summed E-state index contributed by atoms with van der Waals surface area (Å²) in [6.07, 6.45) is 1.60. The number of benzene rings is 2. The van der Waals surface area contributed by atoms with Crippen LogP contribution in [0.2, 0.25) is 0 Å². The summed E-state index contributed by atoms with van der Waals surface area (Å²) in [6, 6.07) is 10.3. The quantitative estimate of drug-likeness (QED) is 0.487. The molecule has 0 radical (unpaired) electrons. The second-order valence-corrected chi connectivity index (χ2v) is 7.98. The number of hydrogen-bond acceptors (Lipinski definition) is 5. The normalized spacial score (nSPS) is 10.9. The molecule has 0 aliphatic heterocycles. The fourth-order valence-electron chi connectivity index (χ4n) is 3.03. The Morgan fingerprint density at radius 2 is 1.88 bits per heavy atom. The highest BCUT2D eigenvalue weighted by Crippen LogP contribution is 2.23. The van der Waals surface area contributed by atoms with Crippen LogP contribution in [0, 0.1) is 24.4 Å². The first kappa shape index (κ1) is 21.4. The minimum Gasteiger partial charge on any atom is -0.296 e. The molecule has 0 saturated heterocycles. The molecule has 6 nitrogen and oxygen atoms in total. The lowest BCUT2D eigenvalue weighted by Gasteiger charge is -2.11. The molecule has 0 spiro atoms. The van der Waals surface area contributed by atoms with Crippen LogP contribution in [-0.2, 0) is 6.42 Å². The molecule has 0 bridgehead atoms. The van der Waals surface area contributed by atoms with Crippen molar-refractivity contribution in [1.29, 1.82) is 0 Å². The second kappa shape index (κ2) is 8.75. The number of hydrogen-bond donors (Lipinski definition) is 1. The maximum Gasteiger partial charge on any atom is 0.281 e. The van der Waals surface area contributed by atoms with Gasteiger partial charge < -0.3 is 0 Å². The van der Waals surface area contributed by atoms with E-state index in [2.05, 4.69) is 15.4 Å². The van der Waals surface area contributed by atoms with E-state index in [1.165, 1.54) is 41.2 Å². The van der Waals surface area contributed by atoms with E-state index in [9.17, 15) is 22.8 Å². The summed E-state index contributed by atoms with van der Waals surface area (Å²) in [5.74, 6) is -2.72.